The molecular formula is C18H20F6O9S. The van der Waals surface area contributed by atoms with Crippen molar-refractivity contribution in [3.05, 3.63) is 29.3 Å². The lowest BCUT2D eigenvalue weighted by atomic mass is 10.1. The maximum atomic E-state index is 12.2. The number of hydrogen-bond acceptors (Lipinski definition) is 8. The number of aliphatic hydroxyl groups is 2. The predicted molar refractivity (Wildman–Crippen MR) is 99.4 cm³/mol. The van der Waals surface area contributed by atoms with E-state index in [1.807, 2.05) is 0 Å². The van der Waals surface area contributed by atoms with Gasteiger partial charge in [-0.3, -0.25) is 4.55 Å². The van der Waals surface area contributed by atoms with Gasteiger partial charge in [0.15, 0.2) is 0 Å². The van der Waals surface area contributed by atoms with Crippen molar-refractivity contribution in [1.29, 1.82) is 0 Å². The van der Waals surface area contributed by atoms with Gasteiger partial charge >= 0.3 is 24.3 Å². The van der Waals surface area contributed by atoms with E-state index in [0.717, 1.165) is 6.07 Å². The lowest BCUT2D eigenvalue weighted by Crippen LogP contribution is -2.22. The Morgan fingerprint density at radius 2 is 1.15 bits per heavy atom. The molecule has 0 heterocycles. The lowest BCUT2D eigenvalue weighted by molar-refractivity contribution is -0.155. The van der Waals surface area contributed by atoms with Crippen molar-refractivity contribution in [1.82, 2.24) is 0 Å². The molecule has 0 amide bonds. The summed E-state index contributed by atoms with van der Waals surface area (Å²) in [6.45, 7) is -1.41. The summed E-state index contributed by atoms with van der Waals surface area (Å²) in [6, 6.07) is 1.93. The maximum Gasteiger partial charge on any atom is 0.391 e. The summed E-state index contributed by atoms with van der Waals surface area (Å²) in [5.41, 5.74) is -1.27. The highest BCUT2D eigenvalue weighted by Gasteiger charge is 2.32. The third kappa shape index (κ3) is 11.6. The normalized spacial score (nSPS) is 14.4. The minimum absolute atomic E-state index is 0.591. The molecule has 2 unspecified atom stereocenters. The van der Waals surface area contributed by atoms with Gasteiger partial charge in [-0.15, -0.1) is 0 Å². The van der Waals surface area contributed by atoms with Crippen LogP contribution in [-0.4, -0.2) is 72.9 Å². The molecule has 0 saturated heterocycles. The molecule has 2 atom stereocenters. The average Bonchev–Trinajstić information content (AvgIpc) is 2.63. The summed E-state index contributed by atoms with van der Waals surface area (Å²) in [6.07, 6.45) is -17.4. The Hall–Kier alpha value is -2.43. The number of alkyl halides is 6. The molecule has 0 radical (unpaired) electrons. The molecule has 0 saturated carbocycles. The van der Waals surface area contributed by atoms with Crippen molar-refractivity contribution < 1.29 is 68.6 Å². The molecule has 0 bridgehead atoms. The summed E-state index contributed by atoms with van der Waals surface area (Å²) in [7, 11) is -4.97. The third-order valence-corrected chi connectivity index (χ3v) is 4.81. The Balaban J connectivity index is 2.87. The Labute approximate surface area is 189 Å². The van der Waals surface area contributed by atoms with Crippen LogP contribution in [0.25, 0.3) is 0 Å². The fourth-order valence-corrected chi connectivity index (χ4v) is 3.02. The van der Waals surface area contributed by atoms with E-state index in [1.165, 1.54) is 0 Å². The first kappa shape index (κ1) is 29.6. The molecule has 1 aromatic rings. The largest absolute Gasteiger partial charge is 0.462 e. The Kier molecular flexibility index (Phi) is 10.3. The fraction of sp³-hybridized carbons (Fsp3) is 0.556. The van der Waals surface area contributed by atoms with Gasteiger partial charge in [0, 0.05) is 12.8 Å². The maximum absolute atomic E-state index is 12.2. The first-order valence-electron chi connectivity index (χ1n) is 9.34. The second kappa shape index (κ2) is 11.8. The standard InChI is InChI=1S/C18H20F6O9S/c19-17(20,21)8-12(25)1-3-32-15(27)10-5-11(7-14(6-10)34(29,30)31)16(28)33-4-2-13(26)9-18(22,23)24/h5-7,12-13,25-26H,1-4,8-9H2,(H,29,30,31). The van der Waals surface area contributed by atoms with Crippen LogP contribution >= 0.6 is 0 Å². The zero-order valence-corrected chi connectivity index (χ0v) is 17.9. The number of aliphatic hydroxyl groups excluding tert-OH is 2. The molecule has 16 heteroatoms. The molecule has 1 rings (SSSR count). The highest BCUT2D eigenvalue weighted by atomic mass is 32.2. The number of carbonyl (C=O) groups excluding carboxylic acids is 2. The summed E-state index contributed by atoms with van der Waals surface area (Å²) in [4.78, 5) is 23.3. The van der Waals surface area contributed by atoms with Crippen LogP contribution in [0.1, 0.15) is 46.4 Å². The molecule has 3 N–H and O–H groups in total. The van der Waals surface area contributed by atoms with E-state index in [0.29, 0.717) is 12.1 Å². The van der Waals surface area contributed by atoms with Crippen LogP contribution in [0.3, 0.4) is 0 Å². The number of ether oxygens (including phenoxy) is 2. The van der Waals surface area contributed by atoms with Crippen molar-refractivity contribution in [3.63, 3.8) is 0 Å². The van der Waals surface area contributed by atoms with Crippen molar-refractivity contribution in [2.45, 2.75) is 55.1 Å². The van der Waals surface area contributed by atoms with E-state index in [4.69, 9.17) is 0 Å². The second-order valence-corrected chi connectivity index (χ2v) is 8.44. The zero-order chi connectivity index (χ0) is 26.3. The van der Waals surface area contributed by atoms with Crippen molar-refractivity contribution in [2.24, 2.45) is 0 Å². The van der Waals surface area contributed by atoms with E-state index in [9.17, 15) is 59.1 Å². The summed E-state index contributed by atoms with van der Waals surface area (Å²) in [5.74, 6) is -2.64. The Morgan fingerprint density at radius 3 is 1.44 bits per heavy atom. The predicted octanol–water partition coefficient (Wildman–Crippen LogP) is 2.65. The smallest absolute Gasteiger partial charge is 0.391 e. The van der Waals surface area contributed by atoms with Gasteiger partial charge in [-0.25, -0.2) is 9.59 Å². The van der Waals surface area contributed by atoms with Crippen molar-refractivity contribution >= 4 is 22.1 Å². The van der Waals surface area contributed by atoms with Crippen LogP contribution in [0.2, 0.25) is 0 Å². The minimum Gasteiger partial charge on any atom is -0.462 e. The molecule has 0 aliphatic carbocycles. The van der Waals surface area contributed by atoms with E-state index < -0.39 is 102 Å². The van der Waals surface area contributed by atoms with Crippen LogP contribution in [0.4, 0.5) is 26.3 Å². The van der Waals surface area contributed by atoms with Gasteiger partial charge in [-0.1, -0.05) is 0 Å². The van der Waals surface area contributed by atoms with Gasteiger partial charge in [0.2, 0.25) is 0 Å². The summed E-state index contributed by atoms with van der Waals surface area (Å²) in [5, 5.41) is 18.5. The Bertz CT molecular complexity index is 901. The topological polar surface area (TPSA) is 147 Å². The van der Waals surface area contributed by atoms with E-state index in [2.05, 4.69) is 9.47 Å². The van der Waals surface area contributed by atoms with Gasteiger partial charge in [-0.2, -0.15) is 34.8 Å². The number of carbonyl (C=O) groups is 2. The second-order valence-electron chi connectivity index (χ2n) is 7.02. The molecule has 34 heavy (non-hydrogen) atoms. The highest BCUT2D eigenvalue weighted by Crippen LogP contribution is 2.24. The number of halogens is 6. The third-order valence-electron chi connectivity index (χ3n) is 3.98. The summed E-state index contributed by atoms with van der Waals surface area (Å²) >= 11 is 0. The van der Waals surface area contributed by atoms with Crippen molar-refractivity contribution in [3.8, 4) is 0 Å². The average molecular weight is 526 g/mol. The van der Waals surface area contributed by atoms with Gasteiger partial charge in [0.05, 0.1) is 54.3 Å². The van der Waals surface area contributed by atoms with Crippen LogP contribution in [0, 0.1) is 0 Å². The minimum atomic E-state index is -4.97. The van der Waals surface area contributed by atoms with E-state index in [-0.39, 0.29) is 0 Å². The van der Waals surface area contributed by atoms with Crippen molar-refractivity contribution in [2.75, 3.05) is 13.2 Å². The molecule has 0 fully saturated rings. The van der Waals surface area contributed by atoms with E-state index in [1.54, 1.807) is 0 Å². The number of benzene rings is 1. The monoisotopic (exact) mass is 526 g/mol. The number of hydrogen-bond donors (Lipinski definition) is 3. The van der Waals surface area contributed by atoms with Gasteiger partial charge in [-0.05, 0) is 18.2 Å². The molecule has 0 aromatic heterocycles. The molecule has 0 aliphatic heterocycles. The van der Waals surface area contributed by atoms with Gasteiger partial charge in [0.1, 0.15) is 0 Å². The lowest BCUT2D eigenvalue weighted by Gasteiger charge is -2.14. The van der Waals surface area contributed by atoms with Gasteiger partial charge < -0.3 is 19.7 Å². The molecule has 0 aliphatic rings. The molecule has 194 valence electrons. The Morgan fingerprint density at radius 1 is 0.794 bits per heavy atom. The first-order chi connectivity index (χ1) is 15.4. The van der Waals surface area contributed by atoms with Crippen LogP contribution in [0.5, 0.6) is 0 Å². The molecule has 1 aromatic carbocycles. The van der Waals surface area contributed by atoms with Crippen LogP contribution in [-0.2, 0) is 19.6 Å². The quantitative estimate of drug-likeness (QED) is 0.225. The molecule has 0 spiro atoms. The molecule has 9 nitrogen and oxygen atoms in total. The van der Waals surface area contributed by atoms with Gasteiger partial charge in [0.25, 0.3) is 10.1 Å². The van der Waals surface area contributed by atoms with E-state index >= 15 is 0 Å². The number of esters is 2. The molecular weight excluding hydrogens is 506 g/mol. The SMILES string of the molecule is O=C(OCCC(O)CC(F)(F)F)c1cc(C(=O)OCCC(O)CC(F)(F)F)cc(S(=O)(=O)O)c1. The van der Waals surface area contributed by atoms with Crippen LogP contribution in [0.15, 0.2) is 23.1 Å². The highest BCUT2D eigenvalue weighted by molar-refractivity contribution is 7.85. The first-order valence-corrected chi connectivity index (χ1v) is 10.8. The van der Waals surface area contributed by atoms with Crippen LogP contribution < -0.4 is 0 Å². The fourth-order valence-electron chi connectivity index (χ4n) is 2.46. The zero-order valence-electron chi connectivity index (χ0n) is 17.1. The summed E-state index contributed by atoms with van der Waals surface area (Å²) < 4.78 is 114. The number of rotatable bonds is 11.